The predicted molar refractivity (Wildman–Crippen MR) is 273 cm³/mol. The van der Waals surface area contributed by atoms with Gasteiger partial charge in [-0.15, -0.1) is 0 Å². The van der Waals surface area contributed by atoms with Crippen molar-refractivity contribution in [3.8, 4) is 11.5 Å². The maximum absolute atomic E-state index is 12.0. The lowest BCUT2D eigenvalue weighted by atomic mass is 10.1. The Kier molecular flexibility index (Phi) is 32.1. The Hall–Kier alpha value is 1.10. The molecule has 2 rings (SSSR count). The number of benzene rings is 2. The number of esters is 2. The summed E-state index contributed by atoms with van der Waals surface area (Å²) in [7, 11) is 0. The molecule has 2 aromatic carbocycles. The molecule has 0 amide bonds. The second kappa shape index (κ2) is 33.9. The highest BCUT2D eigenvalue weighted by Gasteiger charge is 2.09. The van der Waals surface area contributed by atoms with Gasteiger partial charge in [0.05, 0.1) is 27.5 Å². The van der Waals surface area contributed by atoms with Crippen molar-refractivity contribution in [2.45, 2.75) is 141 Å². The molecule has 0 unspecified atom stereocenters. The SMILES string of the molecule is O=C(CCCCCCCCCCCCOc1c(I)cc(I)cc1I)OC/C=C\COC(=O)CCCCCCCCCCCCOc1c(I)cc(I)cc1I. The summed E-state index contributed by atoms with van der Waals surface area (Å²) in [6.45, 7) is 2.04. The van der Waals surface area contributed by atoms with E-state index in [2.05, 4.69) is 160 Å². The summed E-state index contributed by atoms with van der Waals surface area (Å²) in [6, 6.07) is 8.64. The molecule has 0 aromatic heterocycles. The molecule has 6 nitrogen and oxygen atoms in total. The molecule has 0 fully saturated rings. The highest BCUT2D eigenvalue weighted by Crippen LogP contribution is 2.31. The summed E-state index contributed by atoms with van der Waals surface area (Å²) in [5.41, 5.74) is 0. The molecule has 0 aliphatic heterocycles. The molecular formula is C42H58I6O6. The van der Waals surface area contributed by atoms with E-state index in [1.165, 1.54) is 111 Å². The van der Waals surface area contributed by atoms with Crippen LogP contribution in [0.4, 0.5) is 0 Å². The third kappa shape index (κ3) is 26.3. The third-order valence-electron chi connectivity index (χ3n) is 8.82. The van der Waals surface area contributed by atoms with Gasteiger partial charge in [0.25, 0.3) is 0 Å². The van der Waals surface area contributed by atoms with Gasteiger partial charge in [0, 0.05) is 20.0 Å². The molecule has 12 heteroatoms. The Morgan fingerprint density at radius 1 is 0.407 bits per heavy atom. The Balaban J connectivity index is 1.27. The number of hydrogen-bond donors (Lipinski definition) is 0. The smallest absolute Gasteiger partial charge is 0.306 e. The topological polar surface area (TPSA) is 71.1 Å². The van der Waals surface area contributed by atoms with Gasteiger partial charge in [0.15, 0.2) is 0 Å². The lowest BCUT2D eigenvalue weighted by Crippen LogP contribution is -2.05. The minimum atomic E-state index is -0.156. The minimum absolute atomic E-state index is 0.156. The van der Waals surface area contributed by atoms with Gasteiger partial charge in [-0.25, -0.2) is 0 Å². The zero-order chi connectivity index (χ0) is 39.2. The van der Waals surface area contributed by atoms with Crippen molar-refractivity contribution in [2.24, 2.45) is 0 Å². The van der Waals surface area contributed by atoms with E-state index >= 15 is 0 Å². The summed E-state index contributed by atoms with van der Waals surface area (Å²) in [4.78, 5) is 24.0. The van der Waals surface area contributed by atoms with E-state index in [4.69, 9.17) is 18.9 Å². The van der Waals surface area contributed by atoms with E-state index in [9.17, 15) is 9.59 Å². The van der Waals surface area contributed by atoms with Gasteiger partial charge < -0.3 is 18.9 Å². The molecular weight excluding hydrogens is 1360 g/mol. The molecule has 0 aliphatic rings. The van der Waals surface area contributed by atoms with Gasteiger partial charge >= 0.3 is 11.9 Å². The Labute approximate surface area is 407 Å². The van der Waals surface area contributed by atoms with E-state index in [0.29, 0.717) is 12.8 Å². The average Bonchev–Trinajstić information content (AvgIpc) is 3.12. The van der Waals surface area contributed by atoms with Gasteiger partial charge in [-0.3, -0.25) is 9.59 Å². The monoisotopic (exact) mass is 1420 g/mol. The van der Waals surface area contributed by atoms with Crippen LogP contribution in [-0.2, 0) is 19.1 Å². The maximum Gasteiger partial charge on any atom is 0.306 e. The first kappa shape index (κ1) is 51.2. The van der Waals surface area contributed by atoms with Gasteiger partial charge in [-0.2, -0.15) is 0 Å². The number of rotatable bonds is 32. The Bertz CT molecular complexity index is 1220. The molecule has 0 atom stereocenters. The number of ether oxygens (including phenoxy) is 4. The van der Waals surface area contributed by atoms with Crippen molar-refractivity contribution in [1.29, 1.82) is 0 Å². The molecule has 304 valence electrons. The van der Waals surface area contributed by atoms with Crippen molar-refractivity contribution in [2.75, 3.05) is 26.4 Å². The average molecular weight is 1420 g/mol. The van der Waals surface area contributed by atoms with Crippen molar-refractivity contribution in [3.05, 3.63) is 57.8 Å². The second-order valence-corrected chi connectivity index (χ2v) is 20.6. The largest absolute Gasteiger partial charge is 0.491 e. The van der Waals surface area contributed by atoms with E-state index in [0.717, 1.165) is 63.2 Å². The lowest BCUT2D eigenvalue weighted by molar-refractivity contribution is -0.143. The molecule has 0 N–H and O–H groups in total. The van der Waals surface area contributed by atoms with Crippen LogP contribution in [0.25, 0.3) is 0 Å². The van der Waals surface area contributed by atoms with Crippen LogP contribution in [-0.4, -0.2) is 38.4 Å². The van der Waals surface area contributed by atoms with Crippen molar-refractivity contribution in [1.82, 2.24) is 0 Å². The normalized spacial score (nSPS) is 11.3. The number of carbonyl (C=O) groups is 2. The number of unbranched alkanes of at least 4 members (excludes halogenated alkanes) is 18. The summed E-state index contributed by atoms with van der Waals surface area (Å²) < 4.78 is 29.9. The lowest BCUT2D eigenvalue weighted by Gasteiger charge is -2.11. The highest BCUT2D eigenvalue weighted by atomic mass is 127. The van der Waals surface area contributed by atoms with Crippen LogP contribution < -0.4 is 9.47 Å². The molecule has 2 aromatic rings. The number of carbonyl (C=O) groups excluding carboxylic acids is 2. The van der Waals surface area contributed by atoms with Gasteiger partial charge in [0.2, 0.25) is 0 Å². The van der Waals surface area contributed by atoms with Crippen LogP contribution in [0.3, 0.4) is 0 Å². The Morgan fingerprint density at radius 2 is 0.667 bits per heavy atom. The fraction of sp³-hybridized carbons (Fsp3) is 0.619. The van der Waals surface area contributed by atoms with Crippen molar-refractivity contribution >= 4 is 147 Å². The van der Waals surface area contributed by atoms with Crippen LogP contribution in [0.1, 0.15) is 141 Å². The first-order valence-electron chi connectivity index (χ1n) is 19.7. The molecule has 0 heterocycles. The van der Waals surface area contributed by atoms with E-state index in [1.807, 2.05) is 0 Å². The summed E-state index contributed by atoms with van der Waals surface area (Å²) in [5.74, 6) is 1.74. The van der Waals surface area contributed by atoms with E-state index < -0.39 is 0 Å². The van der Waals surface area contributed by atoms with Gasteiger partial charge in [-0.05, 0) is 198 Å². The minimum Gasteiger partial charge on any atom is -0.491 e. The summed E-state index contributed by atoms with van der Waals surface area (Å²) in [5, 5.41) is 0. The van der Waals surface area contributed by atoms with Crippen LogP contribution in [0.5, 0.6) is 11.5 Å². The van der Waals surface area contributed by atoms with Crippen LogP contribution in [0, 0.1) is 21.4 Å². The molecule has 0 radical (unpaired) electrons. The zero-order valence-corrected chi connectivity index (χ0v) is 44.5. The molecule has 54 heavy (non-hydrogen) atoms. The predicted octanol–water partition coefficient (Wildman–Crippen LogP) is 15.0. The quantitative estimate of drug-likeness (QED) is 0.0315. The van der Waals surface area contributed by atoms with E-state index in [-0.39, 0.29) is 25.2 Å². The highest BCUT2D eigenvalue weighted by molar-refractivity contribution is 14.1. The Morgan fingerprint density at radius 3 is 0.963 bits per heavy atom. The fourth-order valence-corrected chi connectivity index (χ4v) is 13.6. The standard InChI is InChI=1S/C42H58I6O6/c43-33-29-35(45)41(36(46)30-33)53-27-19-15-11-7-3-1-5-9-13-17-23-39(49)51-25-21-22-26-52-40(50)24-18-14-10-6-2-4-8-12-16-20-28-54-42-37(47)31-34(44)32-38(42)48/h21-22,29-32H,1-20,23-28H2/b22-21-. The zero-order valence-electron chi connectivity index (χ0n) is 31.6. The first-order chi connectivity index (χ1) is 26.2. The molecule has 0 bridgehead atoms. The third-order valence-corrected chi connectivity index (χ3v) is 13.3. The fourth-order valence-electron chi connectivity index (χ4n) is 5.82. The van der Waals surface area contributed by atoms with E-state index in [1.54, 1.807) is 12.2 Å². The van der Waals surface area contributed by atoms with Crippen LogP contribution in [0.15, 0.2) is 36.4 Å². The van der Waals surface area contributed by atoms with Crippen LogP contribution in [0.2, 0.25) is 0 Å². The molecule has 0 aliphatic carbocycles. The summed E-state index contributed by atoms with van der Waals surface area (Å²) >= 11 is 14.1. The maximum atomic E-state index is 12.0. The number of hydrogen-bond acceptors (Lipinski definition) is 6. The summed E-state index contributed by atoms with van der Waals surface area (Å²) in [6.07, 6.45) is 28.0. The molecule has 0 saturated carbocycles. The molecule has 0 saturated heterocycles. The van der Waals surface area contributed by atoms with Crippen molar-refractivity contribution < 1.29 is 28.5 Å². The van der Waals surface area contributed by atoms with Gasteiger partial charge in [0.1, 0.15) is 24.7 Å². The second-order valence-electron chi connectivity index (χ2n) is 13.5. The van der Waals surface area contributed by atoms with Crippen LogP contribution >= 0.6 is 136 Å². The first-order valence-corrected chi connectivity index (χ1v) is 26.2. The van der Waals surface area contributed by atoms with Crippen molar-refractivity contribution in [3.63, 3.8) is 0 Å². The number of halogens is 6. The van der Waals surface area contributed by atoms with Gasteiger partial charge in [-0.1, -0.05) is 103 Å². The molecule has 0 spiro atoms.